The van der Waals surface area contributed by atoms with E-state index in [1.54, 1.807) is 0 Å². The Labute approximate surface area is 205 Å². The Balaban J connectivity index is 1.15. The first-order valence-corrected chi connectivity index (χ1v) is 12.6. The van der Waals surface area contributed by atoms with Crippen LogP contribution in [-0.2, 0) is 14.3 Å². The number of carboxylic acids is 1. The average Bonchev–Trinajstić information content (AvgIpc) is 3.55. The van der Waals surface area contributed by atoms with Gasteiger partial charge in [-0.2, -0.15) is 0 Å². The van der Waals surface area contributed by atoms with Gasteiger partial charge in [0.1, 0.15) is 6.61 Å². The molecule has 0 heterocycles. The van der Waals surface area contributed by atoms with Gasteiger partial charge in [0.2, 0.25) is 5.91 Å². The van der Waals surface area contributed by atoms with Crippen molar-refractivity contribution in [3.05, 3.63) is 59.7 Å². The molecule has 2 aromatic carbocycles. The predicted octanol–water partition coefficient (Wildman–Crippen LogP) is 4.45. The number of ether oxygens (including phenoxy) is 1. The molecular weight excluding hydrogens is 444 g/mol. The van der Waals surface area contributed by atoms with Gasteiger partial charge >= 0.3 is 12.1 Å². The maximum Gasteiger partial charge on any atom is 0.407 e. The fourth-order valence-electron chi connectivity index (χ4n) is 6.18. The highest BCUT2D eigenvalue weighted by Crippen LogP contribution is 2.44. The molecule has 3 aliphatic rings. The van der Waals surface area contributed by atoms with E-state index >= 15 is 0 Å². The Kier molecular flexibility index (Phi) is 6.75. The normalized spacial score (nSPS) is 25.0. The first kappa shape index (κ1) is 23.4. The van der Waals surface area contributed by atoms with E-state index in [0.29, 0.717) is 6.42 Å². The quantitative estimate of drug-likeness (QED) is 0.548. The summed E-state index contributed by atoms with van der Waals surface area (Å²) in [6, 6.07) is 16.2. The number of amides is 2. The highest BCUT2D eigenvalue weighted by atomic mass is 16.5. The summed E-state index contributed by atoms with van der Waals surface area (Å²) in [5.41, 5.74) is 4.69. The molecule has 2 unspecified atom stereocenters. The van der Waals surface area contributed by atoms with Crippen LogP contribution in [0.15, 0.2) is 48.5 Å². The summed E-state index contributed by atoms with van der Waals surface area (Å²) in [6.07, 6.45) is 4.35. The number of hydrogen-bond acceptors (Lipinski definition) is 4. The minimum absolute atomic E-state index is 0.00283. The van der Waals surface area contributed by atoms with Crippen molar-refractivity contribution in [1.29, 1.82) is 0 Å². The zero-order chi connectivity index (χ0) is 24.4. The van der Waals surface area contributed by atoms with Gasteiger partial charge in [0.15, 0.2) is 0 Å². The number of nitrogens with one attached hydrogen (secondary N) is 2. The molecule has 0 aliphatic heterocycles. The lowest BCUT2D eigenvalue weighted by Gasteiger charge is -2.23. The molecule has 2 aromatic rings. The maximum atomic E-state index is 12.9. The van der Waals surface area contributed by atoms with Crippen LogP contribution in [0.5, 0.6) is 0 Å². The van der Waals surface area contributed by atoms with Crippen molar-refractivity contribution in [2.75, 3.05) is 6.61 Å². The van der Waals surface area contributed by atoms with E-state index in [-0.39, 0.29) is 48.8 Å². The molecule has 3 aliphatic carbocycles. The number of fused-ring (bicyclic) bond motifs is 3. The Bertz CT molecular complexity index is 1070. The number of aliphatic carboxylic acids is 1. The van der Waals surface area contributed by atoms with Gasteiger partial charge in [0.25, 0.3) is 0 Å². The predicted molar refractivity (Wildman–Crippen MR) is 131 cm³/mol. The first-order chi connectivity index (χ1) is 17.0. The van der Waals surface area contributed by atoms with E-state index in [1.807, 2.05) is 24.3 Å². The van der Waals surface area contributed by atoms with Crippen molar-refractivity contribution in [2.24, 2.45) is 11.8 Å². The Morgan fingerprint density at radius 1 is 0.886 bits per heavy atom. The van der Waals surface area contributed by atoms with Gasteiger partial charge in [-0.05, 0) is 60.3 Å². The summed E-state index contributed by atoms with van der Waals surface area (Å²) in [6.45, 7) is 0.247. The fourth-order valence-corrected chi connectivity index (χ4v) is 6.18. The second-order valence-electron chi connectivity index (χ2n) is 10.1. The van der Waals surface area contributed by atoms with E-state index < -0.39 is 12.1 Å². The van der Waals surface area contributed by atoms with Crippen molar-refractivity contribution >= 4 is 18.0 Å². The van der Waals surface area contributed by atoms with Crippen LogP contribution in [0.25, 0.3) is 11.1 Å². The molecule has 35 heavy (non-hydrogen) atoms. The number of carbonyl (C=O) groups is 3. The van der Waals surface area contributed by atoms with Crippen LogP contribution in [0.1, 0.15) is 62.0 Å². The standard InChI is InChI=1S/C28H32N2O5/c31-26(32)15-17-12-13-18(14-17)29-27(33)23-10-5-11-25(23)30-28(34)35-16-24-21-8-3-1-6-19(21)20-7-2-4-9-22(20)24/h1-4,6-9,17-18,23-25H,5,10-16H2,(H,29,33)(H,30,34)(H,31,32)/t17?,18?,23-,25+/m1/s1. The molecule has 0 saturated heterocycles. The Morgan fingerprint density at radius 3 is 2.26 bits per heavy atom. The maximum absolute atomic E-state index is 12.9. The summed E-state index contributed by atoms with van der Waals surface area (Å²) in [5.74, 6) is -1.00. The van der Waals surface area contributed by atoms with Gasteiger partial charge in [-0.1, -0.05) is 55.0 Å². The lowest BCUT2D eigenvalue weighted by molar-refractivity contribution is -0.138. The van der Waals surface area contributed by atoms with Gasteiger partial charge in [0.05, 0.1) is 5.92 Å². The van der Waals surface area contributed by atoms with Gasteiger partial charge in [-0.15, -0.1) is 0 Å². The number of hydrogen-bond donors (Lipinski definition) is 3. The van der Waals surface area contributed by atoms with Crippen LogP contribution in [0, 0.1) is 11.8 Å². The van der Waals surface area contributed by atoms with Crippen LogP contribution in [0.3, 0.4) is 0 Å². The summed E-state index contributed by atoms with van der Waals surface area (Å²) >= 11 is 0. The Hall–Kier alpha value is -3.35. The van der Waals surface area contributed by atoms with Crippen LogP contribution in [-0.4, -0.2) is 41.8 Å². The van der Waals surface area contributed by atoms with Gasteiger partial charge in [-0.3, -0.25) is 9.59 Å². The summed E-state index contributed by atoms with van der Waals surface area (Å²) in [4.78, 5) is 36.6. The van der Waals surface area contributed by atoms with Crippen LogP contribution >= 0.6 is 0 Å². The van der Waals surface area contributed by atoms with Crippen molar-refractivity contribution in [2.45, 2.75) is 62.9 Å². The van der Waals surface area contributed by atoms with Crippen molar-refractivity contribution in [3.8, 4) is 11.1 Å². The van der Waals surface area contributed by atoms with E-state index in [2.05, 4.69) is 34.9 Å². The molecule has 2 saturated carbocycles. The largest absolute Gasteiger partial charge is 0.481 e. The Morgan fingerprint density at radius 2 is 1.57 bits per heavy atom. The van der Waals surface area contributed by atoms with Gasteiger partial charge < -0.3 is 20.5 Å². The molecule has 184 valence electrons. The average molecular weight is 477 g/mol. The van der Waals surface area contributed by atoms with E-state index in [4.69, 9.17) is 9.84 Å². The smallest absolute Gasteiger partial charge is 0.407 e. The molecule has 4 atom stereocenters. The topological polar surface area (TPSA) is 105 Å². The minimum atomic E-state index is -0.787. The third-order valence-corrected chi connectivity index (χ3v) is 7.85. The molecule has 7 nitrogen and oxygen atoms in total. The molecule has 7 heteroatoms. The summed E-state index contributed by atoms with van der Waals surface area (Å²) in [5, 5.41) is 15.0. The van der Waals surface area contributed by atoms with E-state index in [1.165, 1.54) is 11.1 Å². The molecule has 0 spiro atoms. The molecule has 0 bridgehead atoms. The SMILES string of the molecule is O=C(O)CC1CCC(NC(=O)[C@@H]2CCC[C@@H]2NC(=O)OCC2c3ccccc3-c3ccccc32)C1. The fraction of sp³-hybridized carbons (Fsp3) is 0.464. The second kappa shape index (κ2) is 10.1. The number of alkyl carbamates (subject to hydrolysis) is 1. The number of carboxylic acid groups (broad SMARTS) is 1. The third kappa shape index (κ3) is 5.04. The van der Waals surface area contributed by atoms with E-state index in [0.717, 1.165) is 43.2 Å². The number of carbonyl (C=O) groups excluding carboxylic acids is 2. The zero-order valence-corrected chi connectivity index (χ0v) is 19.7. The number of rotatable bonds is 7. The summed E-state index contributed by atoms with van der Waals surface area (Å²) in [7, 11) is 0. The highest BCUT2D eigenvalue weighted by molar-refractivity contribution is 5.81. The zero-order valence-electron chi connectivity index (χ0n) is 19.7. The molecule has 2 amide bonds. The van der Waals surface area contributed by atoms with Crippen LogP contribution < -0.4 is 10.6 Å². The molecule has 0 aromatic heterocycles. The van der Waals surface area contributed by atoms with E-state index in [9.17, 15) is 14.4 Å². The molecule has 2 fully saturated rings. The van der Waals surface area contributed by atoms with Gasteiger partial charge in [0, 0.05) is 24.4 Å². The van der Waals surface area contributed by atoms with Crippen LogP contribution in [0.4, 0.5) is 4.79 Å². The monoisotopic (exact) mass is 476 g/mol. The number of benzene rings is 2. The second-order valence-corrected chi connectivity index (χ2v) is 10.1. The van der Waals surface area contributed by atoms with Crippen molar-refractivity contribution < 1.29 is 24.2 Å². The minimum Gasteiger partial charge on any atom is -0.481 e. The molecule has 5 rings (SSSR count). The van der Waals surface area contributed by atoms with Crippen LogP contribution in [0.2, 0.25) is 0 Å². The van der Waals surface area contributed by atoms with Crippen molar-refractivity contribution in [3.63, 3.8) is 0 Å². The molecular formula is C28H32N2O5. The third-order valence-electron chi connectivity index (χ3n) is 7.85. The summed E-state index contributed by atoms with van der Waals surface area (Å²) < 4.78 is 5.68. The molecule has 0 radical (unpaired) electrons. The highest BCUT2D eigenvalue weighted by Gasteiger charge is 2.37. The van der Waals surface area contributed by atoms with Crippen molar-refractivity contribution in [1.82, 2.24) is 10.6 Å². The first-order valence-electron chi connectivity index (χ1n) is 12.6. The lowest BCUT2D eigenvalue weighted by Crippen LogP contribution is -2.46. The van der Waals surface area contributed by atoms with Gasteiger partial charge in [-0.25, -0.2) is 4.79 Å². The molecule has 3 N–H and O–H groups in total. The lowest BCUT2D eigenvalue weighted by atomic mass is 9.98.